The van der Waals surface area contributed by atoms with Gasteiger partial charge in [-0.15, -0.1) is 6.58 Å². The maximum absolute atomic E-state index is 13.9. The van der Waals surface area contributed by atoms with Crippen LogP contribution in [0.1, 0.15) is 18.1 Å². The Kier molecular flexibility index (Phi) is 5.29. The van der Waals surface area contributed by atoms with E-state index in [1.165, 1.54) is 4.90 Å². The fraction of sp³-hybridized carbons (Fsp3) is 0.160. The van der Waals surface area contributed by atoms with E-state index in [9.17, 15) is 14.9 Å². The first kappa shape index (κ1) is 20.9. The maximum Gasteiger partial charge on any atom is 0.337 e. The van der Waals surface area contributed by atoms with Gasteiger partial charge in [0.05, 0.1) is 5.57 Å². The van der Waals surface area contributed by atoms with Gasteiger partial charge in [-0.3, -0.25) is 4.79 Å². The van der Waals surface area contributed by atoms with Gasteiger partial charge < -0.3 is 20.1 Å². The van der Waals surface area contributed by atoms with Crippen molar-refractivity contribution in [1.29, 1.82) is 5.26 Å². The van der Waals surface area contributed by atoms with E-state index in [2.05, 4.69) is 6.58 Å². The predicted molar refractivity (Wildman–Crippen MR) is 116 cm³/mol. The van der Waals surface area contributed by atoms with Crippen LogP contribution in [-0.2, 0) is 26.3 Å². The number of amides is 1. The molecule has 0 saturated heterocycles. The zero-order chi connectivity index (χ0) is 22.9. The molecule has 2 aliphatic heterocycles. The van der Waals surface area contributed by atoms with Crippen molar-refractivity contribution in [3.63, 3.8) is 0 Å². The molecule has 4 rings (SSSR count). The molecule has 1 spiro atoms. The van der Waals surface area contributed by atoms with Gasteiger partial charge in [0, 0.05) is 17.8 Å². The van der Waals surface area contributed by atoms with Gasteiger partial charge in [-0.05, 0) is 18.6 Å². The van der Waals surface area contributed by atoms with Crippen LogP contribution in [0.3, 0.4) is 0 Å². The molecule has 1 atom stereocenters. The Hall–Kier alpha value is -4.31. The highest BCUT2D eigenvalue weighted by molar-refractivity contribution is 6.12. The molecule has 7 nitrogen and oxygen atoms in total. The fourth-order valence-electron chi connectivity index (χ4n) is 4.29. The normalized spacial score (nSPS) is 19.5. The second kappa shape index (κ2) is 8.08. The topological polar surface area (TPSA) is 106 Å². The van der Waals surface area contributed by atoms with Crippen LogP contribution in [0.2, 0.25) is 0 Å². The monoisotopic (exact) mass is 427 g/mol. The first-order valence-corrected chi connectivity index (χ1v) is 9.99. The van der Waals surface area contributed by atoms with Crippen molar-refractivity contribution < 1.29 is 19.1 Å². The number of hydrogen-bond acceptors (Lipinski definition) is 6. The van der Waals surface area contributed by atoms with Gasteiger partial charge in [0.15, 0.2) is 5.41 Å². The van der Waals surface area contributed by atoms with Gasteiger partial charge >= 0.3 is 5.97 Å². The van der Waals surface area contributed by atoms with Gasteiger partial charge in [-0.25, -0.2) is 4.79 Å². The summed E-state index contributed by atoms with van der Waals surface area (Å²) >= 11 is 0. The molecular weight excluding hydrogens is 406 g/mol. The summed E-state index contributed by atoms with van der Waals surface area (Å²) in [5.41, 5.74) is 5.78. The number of carbonyl (C=O) groups is 2. The molecule has 0 saturated carbocycles. The summed E-state index contributed by atoms with van der Waals surface area (Å²) in [7, 11) is 0. The molecule has 32 heavy (non-hydrogen) atoms. The predicted octanol–water partition coefficient (Wildman–Crippen LogP) is 3.06. The van der Waals surface area contributed by atoms with Crippen LogP contribution in [0, 0.1) is 11.3 Å². The zero-order valence-corrected chi connectivity index (χ0v) is 17.5. The van der Waals surface area contributed by atoms with E-state index in [0.717, 1.165) is 5.56 Å². The number of hydrogen-bond donors (Lipinski definition) is 1. The van der Waals surface area contributed by atoms with E-state index in [1.807, 2.05) is 36.4 Å². The summed E-state index contributed by atoms with van der Waals surface area (Å²) in [6.07, 6.45) is 1.55. The molecule has 0 radical (unpaired) electrons. The first-order chi connectivity index (χ1) is 15.5. The molecule has 0 aliphatic carbocycles. The molecule has 2 heterocycles. The van der Waals surface area contributed by atoms with E-state index >= 15 is 0 Å². The second-order valence-electron chi connectivity index (χ2n) is 7.43. The van der Waals surface area contributed by atoms with Gasteiger partial charge in [0.2, 0.25) is 11.8 Å². The number of esters is 1. The number of allylic oxidation sites excluding steroid dienone is 1. The minimum absolute atomic E-state index is 0.0153. The maximum atomic E-state index is 13.9. The van der Waals surface area contributed by atoms with Crippen LogP contribution in [0.15, 0.2) is 90.0 Å². The summed E-state index contributed by atoms with van der Waals surface area (Å²) in [6, 6.07) is 18.0. The number of para-hydroxylation sites is 1. The van der Waals surface area contributed by atoms with E-state index in [0.29, 0.717) is 17.0 Å². The highest BCUT2D eigenvalue weighted by atomic mass is 16.5. The van der Waals surface area contributed by atoms with Crippen molar-refractivity contribution in [2.45, 2.75) is 18.9 Å². The molecule has 0 fully saturated rings. The largest absolute Gasteiger partial charge is 0.457 e. The summed E-state index contributed by atoms with van der Waals surface area (Å²) in [6.45, 7) is 5.53. The fourth-order valence-corrected chi connectivity index (χ4v) is 4.29. The minimum atomic E-state index is -1.76. The van der Waals surface area contributed by atoms with Crippen LogP contribution >= 0.6 is 0 Å². The summed E-state index contributed by atoms with van der Waals surface area (Å²) in [5.74, 6) is -1.10. The number of fused-ring (bicyclic) bond motifs is 2. The van der Waals surface area contributed by atoms with Gasteiger partial charge in [0.1, 0.15) is 24.0 Å². The van der Waals surface area contributed by atoms with Crippen molar-refractivity contribution in [2.24, 2.45) is 5.73 Å². The quantitative estimate of drug-likeness (QED) is 0.581. The smallest absolute Gasteiger partial charge is 0.337 e. The molecule has 2 aromatic rings. The van der Waals surface area contributed by atoms with Crippen molar-refractivity contribution in [3.05, 3.63) is 101 Å². The Bertz CT molecular complexity index is 1220. The van der Waals surface area contributed by atoms with E-state index < -0.39 is 17.3 Å². The van der Waals surface area contributed by atoms with Crippen molar-refractivity contribution >= 4 is 11.9 Å². The van der Waals surface area contributed by atoms with Crippen LogP contribution in [-0.4, -0.2) is 23.3 Å². The van der Waals surface area contributed by atoms with E-state index in [-0.39, 0.29) is 30.2 Å². The number of rotatable bonds is 5. The number of nitrogens with zero attached hydrogens (tertiary/aromatic N) is 2. The van der Waals surface area contributed by atoms with Gasteiger partial charge in [0.25, 0.3) is 0 Å². The highest BCUT2D eigenvalue weighted by Gasteiger charge is 2.62. The van der Waals surface area contributed by atoms with Crippen molar-refractivity contribution in [2.75, 3.05) is 6.54 Å². The molecule has 2 aliphatic rings. The Labute approximate surface area is 185 Å². The summed E-state index contributed by atoms with van der Waals surface area (Å²) < 4.78 is 11.2. The molecule has 7 heteroatoms. The van der Waals surface area contributed by atoms with Gasteiger partial charge in [-0.2, -0.15) is 5.26 Å². The van der Waals surface area contributed by atoms with E-state index in [1.54, 1.807) is 37.3 Å². The Morgan fingerprint density at radius 3 is 2.62 bits per heavy atom. The second-order valence-corrected chi connectivity index (χ2v) is 7.43. The highest BCUT2D eigenvalue weighted by Crippen LogP contribution is 2.53. The average molecular weight is 427 g/mol. The average Bonchev–Trinajstić information content (AvgIpc) is 3.01. The first-order valence-electron chi connectivity index (χ1n) is 9.99. The third-order valence-electron chi connectivity index (χ3n) is 5.68. The molecule has 2 N–H and O–H groups in total. The molecule has 2 aromatic carbocycles. The van der Waals surface area contributed by atoms with Crippen LogP contribution < -0.4 is 10.5 Å². The number of benzene rings is 2. The van der Waals surface area contributed by atoms with E-state index in [4.69, 9.17) is 15.2 Å². The SMILES string of the molecule is C=CCN1C(=O)C2(C(C#N)=C(N)Oc3ccccc32)C(C(=O)OCc2ccccc2)=C1C. The Balaban J connectivity index is 1.91. The lowest BCUT2D eigenvalue weighted by molar-refractivity contribution is -0.142. The van der Waals surface area contributed by atoms with Gasteiger partial charge in [-0.1, -0.05) is 54.6 Å². The van der Waals surface area contributed by atoms with Crippen molar-refractivity contribution in [3.8, 4) is 11.8 Å². The molecule has 0 bridgehead atoms. The summed E-state index contributed by atoms with van der Waals surface area (Å²) in [4.78, 5) is 28.8. The lowest BCUT2D eigenvalue weighted by Gasteiger charge is -2.35. The standard InChI is InChI=1S/C25H21N3O4/c1-3-13-28-16(2)21(23(29)31-15-17-9-5-4-6-10-17)25(24(28)30)18-11-7-8-12-20(18)32-22(27)19(25)14-26/h3-12H,1,13,15,27H2,2H3. The molecule has 160 valence electrons. The Morgan fingerprint density at radius 2 is 1.94 bits per heavy atom. The third-order valence-corrected chi connectivity index (χ3v) is 5.68. The molecule has 0 aromatic heterocycles. The number of nitriles is 1. The number of nitrogens with two attached hydrogens (primary N) is 1. The summed E-state index contributed by atoms with van der Waals surface area (Å²) in [5, 5.41) is 10.0. The Morgan fingerprint density at radius 1 is 1.25 bits per heavy atom. The minimum Gasteiger partial charge on any atom is -0.457 e. The van der Waals surface area contributed by atoms with Crippen LogP contribution in [0.25, 0.3) is 0 Å². The molecule has 1 unspecified atom stereocenters. The lowest BCUT2D eigenvalue weighted by Crippen LogP contribution is -2.47. The molecular formula is C25H21N3O4. The van der Waals surface area contributed by atoms with Crippen molar-refractivity contribution in [1.82, 2.24) is 4.90 Å². The number of carbonyl (C=O) groups excluding carboxylic acids is 2. The molecule has 1 amide bonds. The zero-order valence-electron chi connectivity index (χ0n) is 17.5. The lowest BCUT2D eigenvalue weighted by atomic mass is 9.68. The number of ether oxygens (including phenoxy) is 2. The van der Waals surface area contributed by atoms with Crippen LogP contribution in [0.5, 0.6) is 5.75 Å². The third kappa shape index (κ3) is 2.96. The van der Waals surface area contributed by atoms with Crippen LogP contribution in [0.4, 0.5) is 0 Å².